The highest BCUT2D eigenvalue weighted by atomic mass is 35.5. The first-order valence-corrected chi connectivity index (χ1v) is 8.62. The van der Waals surface area contributed by atoms with Gasteiger partial charge in [-0.3, -0.25) is 4.79 Å². The van der Waals surface area contributed by atoms with Gasteiger partial charge in [-0.05, 0) is 24.1 Å². The first-order valence-electron chi connectivity index (χ1n) is 7.74. The Bertz CT molecular complexity index is 708. The number of anilines is 1. The lowest BCUT2D eigenvalue weighted by Gasteiger charge is -2.16. The molecule has 0 fully saturated rings. The number of rotatable bonds is 7. The molecule has 8 heteroatoms. The number of hydrogen-bond donors (Lipinski definition) is 2. The Morgan fingerprint density at radius 3 is 2.60 bits per heavy atom. The first-order chi connectivity index (χ1) is 11.5. The van der Waals surface area contributed by atoms with Crippen molar-refractivity contribution in [1.82, 2.24) is 4.98 Å². The monoisotopic (exact) mass is 385 g/mol. The minimum absolute atomic E-state index is 0. The van der Waals surface area contributed by atoms with Gasteiger partial charge in [0.1, 0.15) is 0 Å². The zero-order valence-electron chi connectivity index (χ0n) is 14.7. The molecule has 2 unspecified atom stereocenters. The highest BCUT2D eigenvalue weighted by Crippen LogP contribution is 2.33. The van der Waals surface area contributed by atoms with Crippen LogP contribution in [-0.2, 0) is 4.79 Å². The van der Waals surface area contributed by atoms with E-state index in [-0.39, 0.29) is 24.2 Å². The molecule has 0 aliphatic heterocycles. The molecule has 1 amide bonds. The minimum Gasteiger partial charge on any atom is -0.493 e. The number of ether oxygens (including phenoxy) is 2. The summed E-state index contributed by atoms with van der Waals surface area (Å²) >= 11 is 1.36. The maximum Gasteiger partial charge on any atom is 0.243 e. The van der Waals surface area contributed by atoms with E-state index in [2.05, 4.69) is 10.3 Å². The van der Waals surface area contributed by atoms with Crippen LogP contribution in [0, 0.1) is 5.92 Å². The maximum atomic E-state index is 12.1. The molecule has 1 aromatic carbocycles. The molecule has 1 heterocycles. The molecule has 0 spiro atoms. The van der Waals surface area contributed by atoms with Gasteiger partial charge in [-0.25, -0.2) is 4.98 Å². The third-order valence-corrected chi connectivity index (χ3v) is 4.73. The SMILES string of the molecule is CCC(C)C(N)C(=O)Nc1nc(-c2ccc(OC)c(OC)c2)cs1.Cl. The van der Waals surface area contributed by atoms with Gasteiger partial charge in [0, 0.05) is 10.9 Å². The highest BCUT2D eigenvalue weighted by Gasteiger charge is 2.20. The van der Waals surface area contributed by atoms with E-state index in [4.69, 9.17) is 15.2 Å². The molecule has 0 saturated heterocycles. The van der Waals surface area contributed by atoms with Crippen molar-refractivity contribution in [3.05, 3.63) is 23.6 Å². The molecule has 1 aromatic heterocycles. The zero-order chi connectivity index (χ0) is 17.7. The van der Waals surface area contributed by atoms with E-state index in [1.54, 1.807) is 14.2 Å². The molecule has 2 aromatic rings. The van der Waals surface area contributed by atoms with Crippen LogP contribution >= 0.6 is 23.7 Å². The predicted octanol–water partition coefficient (Wildman–Crippen LogP) is 3.56. The average Bonchev–Trinajstić information content (AvgIpc) is 3.07. The lowest BCUT2D eigenvalue weighted by Crippen LogP contribution is -2.40. The van der Waals surface area contributed by atoms with Crippen molar-refractivity contribution in [2.24, 2.45) is 11.7 Å². The second kappa shape index (κ2) is 9.60. The lowest BCUT2D eigenvalue weighted by atomic mass is 10.00. The topological polar surface area (TPSA) is 86.5 Å². The molecule has 2 atom stereocenters. The van der Waals surface area contributed by atoms with Crippen LogP contribution in [0.5, 0.6) is 11.5 Å². The van der Waals surface area contributed by atoms with Crippen molar-refractivity contribution >= 4 is 34.8 Å². The minimum atomic E-state index is -0.538. The molecule has 0 aliphatic rings. The van der Waals surface area contributed by atoms with E-state index in [9.17, 15) is 4.79 Å². The summed E-state index contributed by atoms with van der Waals surface area (Å²) in [7, 11) is 3.18. The fraction of sp³-hybridized carbons (Fsp3) is 0.412. The van der Waals surface area contributed by atoms with Gasteiger partial charge in [-0.1, -0.05) is 20.3 Å². The number of halogens is 1. The Hall–Kier alpha value is -1.83. The van der Waals surface area contributed by atoms with Crippen molar-refractivity contribution in [3.63, 3.8) is 0 Å². The van der Waals surface area contributed by atoms with Gasteiger partial charge in [0.25, 0.3) is 0 Å². The lowest BCUT2D eigenvalue weighted by molar-refractivity contribution is -0.118. The summed E-state index contributed by atoms with van der Waals surface area (Å²) in [6.07, 6.45) is 0.851. The maximum absolute atomic E-state index is 12.1. The van der Waals surface area contributed by atoms with Crippen molar-refractivity contribution < 1.29 is 14.3 Å². The molecule has 6 nitrogen and oxygen atoms in total. The number of carbonyl (C=O) groups is 1. The number of nitrogens with two attached hydrogens (primary N) is 1. The number of nitrogens with zero attached hydrogens (tertiary/aromatic N) is 1. The average molecular weight is 386 g/mol. The van der Waals surface area contributed by atoms with Crippen LogP contribution in [-0.4, -0.2) is 31.2 Å². The van der Waals surface area contributed by atoms with Gasteiger partial charge in [0.2, 0.25) is 5.91 Å². The molecular formula is C17H24ClN3O3S. The Morgan fingerprint density at radius 2 is 2.00 bits per heavy atom. The predicted molar refractivity (Wildman–Crippen MR) is 104 cm³/mol. The standard InChI is InChI=1S/C17H23N3O3S.ClH/c1-5-10(2)15(18)16(21)20-17-19-12(9-24-17)11-6-7-13(22-3)14(8-11)23-4;/h6-10,15H,5,18H2,1-4H3,(H,19,20,21);1H. The molecular weight excluding hydrogens is 362 g/mol. The third kappa shape index (κ3) is 5.07. The van der Waals surface area contributed by atoms with Gasteiger partial charge in [0.05, 0.1) is 26.0 Å². The van der Waals surface area contributed by atoms with Crippen LogP contribution in [0.15, 0.2) is 23.6 Å². The third-order valence-electron chi connectivity index (χ3n) is 3.97. The van der Waals surface area contributed by atoms with Crippen molar-refractivity contribution in [2.75, 3.05) is 19.5 Å². The van der Waals surface area contributed by atoms with Gasteiger partial charge < -0.3 is 20.5 Å². The second-order valence-electron chi connectivity index (χ2n) is 5.51. The summed E-state index contributed by atoms with van der Waals surface area (Å²) in [5.74, 6) is 1.20. The number of benzene rings is 1. The summed E-state index contributed by atoms with van der Waals surface area (Å²) < 4.78 is 10.5. The summed E-state index contributed by atoms with van der Waals surface area (Å²) in [6, 6.07) is 5.03. The normalized spacial score (nSPS) is 12.7. The summed E-state index contributed by atoms with van der Waals surface area (Å²) in [5, 5.41) is 5.20. The Balaban J connectivity index is 0.00000312. The largest absolute Gasteiger partial charge is 0.493 e. The smallest absolute Gasteiger partial charge is 0.243 e. The van der Waals surface area contributed by atoms with Gasteiger partial charge in [-0.2, -0.15) is 0 Å². The van der Waals surface area contributed by atoms with E-state index in [1.807, 2.05) is 37.4 Å². The van der Waals surface area contributed by atoms with Crippen LogP contribution in [0.1, 0.15) is 20.3 Å². The van der Waals surface area contributed by atoms with Crippen LogP contribution in [0.4, 0.5) is 5.13 Å². The van der Waals surface area contributed by atoms with Gasteiger partial charge in [0.15, 0.2) is 16.6 Å². The second-order valence-corrected chi connectivity index (χ2v) is 6.37. The zero-order valence-corrected chi connectivity index (χ0v) is 16.4. The fourth-order valence-electron chi connectivity index (χ4n) is 2.16. The Kier molecular flexibility index (Phi) is 8.15. The molecule has 0 aliphatic carbocycles. The first kappa shape index (κ1) is 21.2. The van der Waals surface area contributed by atoms with Crippen molar-refractivity contribution in [1.29, 1.82) is 0 Å². The van der Waals surface area contributed by atoms with Gasteiger partial charge >= 0.3 is 0 Å². The molecule has 0 bridgehead atoms. The fourth-order valence-corrected chi connectivity index (χ4v) is 2.88. The molecule has 3 N–H and O–H groups in total. The van der Waals surface area contributed by atoms with E-state index in [0.29, 0.717) is 16.6 Å². The molecule has 0 saturated carbocycles. The number of nitrogens with one attached hydrogen (secondary N) is 1. The Labute approximate surface area is 158 Å². The van der Waals surface area contributed by atoms with Crippen molar-refractivity contribution in [3.8, 4) is 22.8 Å². The van der Waals surface area contributed by atoms with E-state index in [1.165, 1.54) is 11.3 Å². The molecule has 138 valence electrons. The van der Waals surface area contributed by atoms with Crippen LogP contribution in [0.3, 0.4) is 0 Å². The number of amides is 1. The highest BCUT2D eigenvalue weighted by molar-refractivity contribution is 7.14. The van der Waals surface area contributed by atoms with E-state index in [0.717, 1.165) is 17.7 Å². The quantitative estimate of drug-likeness (QED) is 0.760. The van der Waals surface area contributed by atoms with Gasteiger partial charge in [-0.15, -0.1) is 23.7 Å². The number of methoxy groups -OCH3 is 2. The molecule has 2 rings (SSSR count). The molecule has 0 radical (unpaired) electrons. The van der Waals surface area contributed by atoms with E-state index < -0.39 is 6.04 Å². The number of hydrogen-bond acceptors (Lipinski definition) is 6. The van der Waals surface area contributed by atoms with Crippen LogP contribution in [0.25, 0.3) is 11.3 Å². The number of carbonyl (C=O) groups excluding carboxylic acids is 1. The van der Waals surface area contributed by atoms with Crippen LogP contribution in [0.2, 0.25) is 0 Å². The number of aromatic nitrogens is 1. The summed E-state index contributed by atoms with van der Waals surface area (Å²) in [5.41, 5.74) is 7.58. The van der Waals surface area contributed by atoms with Crippen LogP contribution < -0.4 is 20.5 Å². The Morgan fingerprint density at radius 1 is 1.32 bits per heavy atom. The molecule has 25 heavy (non-hydrogen) atoms. The summed E-state index contributed by atoms with van der Waals surface area (Å²) in [6.45, 7) is 3.97. The summed E-state index contributed by atoms with van der Waals surface area (Å²) in [4.78, 5) is 16.6. The van der Waals surface area contributed by atoms with E-state index >= 15 is 0 Å². The van der Waals surface area contributed by atoms with Crippen molar-refractivity contribution in [2.45, 2.75) is 26.3 Å². The number of thiazole rings is 1.